The Labute approximate surface area is 390 Å². The lowest BCUT2D eigenvalue weighted by Crippen LogP contribution is -2.62. The van der Waals surface area contributed by atoms with Gasteiger partial charge in [-0.2, -0.15) is 0 Å². The van der Waals surface area contributed by atoms with Crippen molar-refractivity contribution in [1.82, 2.24) is 0 Å². The Morgan fingerprint density at radius 2 is 1.37 bits per heavy atom. The summed E-state index contributed by atoms with van der Waals surface area (Å²) in [5.74, 6) is -1.52. The van der Waals surface area contributed by atoms with E-state index in [9.17, 15) is 35.4 Å². The van der Waals surface area contributed by atoms with Crippen molar-refractivity contribution >= 4 is 5.97 Å². The molecule has 25 atom stereocenters. The second-order valence-electron chi connectivity index (χ2n) is 20.5. The molecule has 7 heterocycles. The maximum atomic E-state index is 13.8. The molecule has 1 saturated carbocycles. The summed E-state index contributed by atoms with van der Waals surface area (Å²) in [6, 6.07) is 0. The smallest absolute Gasteiger partial charge is 0.309 e. The molecule has 0 aromatic carbocycles. The van der Waals surface area contributed by atoms with Crippen LogP contribution in [-0.4, -0.2) is 193 Å². The molecule has 0 unspecified atom stereocenters. The zero-order valence-corrected chi connectivity index (χ0v) is 39.4. The topological polar surface area (TPSA) is 258 Å². The number of carbonyl (C=O) groups excluding carboxylic acids is 1. The molecule has 6 saturated heterocycles. The van der Waals surface area contributed by atoms with Gasteiger partial charge in [-0.3, -0.25) is 4.79 Å². The van der Waals surface area contributed by atoms with Gasteiger partial charge in [-0.15, -0.1) is 0 Å². The van der Waals surface area contributed by atoms with Crippen molar-refractivity contribution in [2.45, 2.75) is 215 Å². The van der Waals surface area contributed by atoms with Gasteiger partial charge in [0.15, 0.2) is 25.2 Å². The van der Waals surface area contributed by atoms with Crippen LogP contribution in [0.4, 0.5) is 0 Å². The van der Waals surface area contributed by atoms with Crippen LogP contribution in [0.5, 0.6) is 0 Å². The average Bonchev–Trinajstić information content (AvgIpc) is 3.81. The fourth-order valence-electron chi connectivity index (χ4n) is 12.6. The molecule has 7 aliphatic heterocycles. The zero-order chi connectivity index (χ0) is 47.7. The predicted octanol–water partition coefficient (Wildman–Crippen LogP) is 0.829. The lowest BCUT2D eigenvalue weighted by atomic mass is 9.55. The molecule has 6 N–H and O–H groups in total. The van der Waals surface area contributed by atoms with Crippen LogP contribution >= 0.6 is 0 Å². The second kappa shape index (κ2) is 19.9. The third-order valence-corrected chi connectivity index (χ3v) is 16.3. The molecule has 20 heteroatoms. The first-order chi connectivity index (χ1) is 31.9. The van der Waals surface area contributed by atoms with E-state index in [2.05, 4.69) is 13.0 Å². The second-order valence-corrected chi connectivity index (χ2v) is 20.5. The van der Waals surface area contributed by atoms with E-state index in [1.54, 1.807) is 27.2 Å². The van der Waals surface area contributed by atoms with E-state index >= 15 is 0 Å². The van der Waals surface area contributed by atoms with Crippen molar-refractivity contribution in [2.75, 3.05) is 27.4 Å². The molecule has 9 rings (SSSR count). The summed E-state index contributed by atoms with van der Waals surface area (Å²) in [4.78, 5) is 13.8. The molecule has 9 aliphatic rings. The van der Waals surface area contributed by atoms with E-state index in [0.717, 1.165) is 18.4 Å². The summed E-state index contributed by atoms with van der Waals surface area (Å²) in [6.45, 7) is 9.14. The number of aliphatic hydroxyl groups excluding tert-OH is 6. The van der Waals surface area contributed by atoms with E-state index < -0.39 is 135 Å². The summed E-state index contributed by atoms with van der Waals surface area (Å²) in [7, 11) is 3.08. The van der Waals surface area contributed by atoms with Gasteiger partial charge in [0.25, 0.3) is 0 Å². The van der Waals surface area contributed by atoms with Gasteiger partial charge >= 0.3 is 5.97 Å². The molecular formula is C47H72O20. The first-order valence-electron chi connectivity index (χ1n) is 24.2. The molecule has 0 radical (unpaired) electrons. The Morgan fingerprint density at radius 3 is 2.03 bits per heavy atom. The number of methoxy groups -OCH3 is 2. The number of hydrogen-bond donors (Lipinski definition) is 6. The first-order valence-corrected chi connectivity index (χ1v) is 24.2. The highest BCUT2D eigenvalue weighted by atomic mass is 16.8. The molecule has 0 aromatic rings. The van der Waals surface area contributed by atoms with E-state index in [0.29, 0.717) is 32.3 Å². The normalized spacial score (nSPS) is 52.3. The molecular weight excluding hydrogens is 884 g/mol. The predicted molar refractivity (Wildman–Crippen MR) is 227 cm³/mol. The van der Waals surface area contributed by atoms with E-state index in [1.807, 2.05) is 13.8 Å². The van der Waals surface area contributed by atoms with E-state index in [1.165, 1.54) is 12.7 Å². The summed E-state index contributed by atoms with van der Waals surface area (Å²) in [5.41, 5.74) is 1.84. The highest BCUT2D eigenvalue weighted by Crippen LogP contribution is 2.57. The van der Waals surface area contributed by atoms with Crippen LogP contribution in [0.2, 0.25) is 0 Å². The lowest BCUT2D eigenvalue weighted by molar-refractivity contribution is -0.356. The molecule has 0 amide bonds. The Morgan fingerprint density at radius 1 is 0.746 bits per heavy atom. The minimum absolute atomic E-state index is 0.0362. The summed E-state index contributed by atoms with van der Waals surface area (Å²) in [5, 5.41) is 63.8. The van der Waals surface area contributed by atoms with Crippen molar-refractivity contribution in [3.05, 3.63) is 23.5 Å². The molecule has 0 aromatic heterocycles. The van der Waals surface area contributed by atoms with Gasteiger partial charge in [-0.25, -0.2) is 0 Å². The fourth-order valence-corrected chi connectivity index (χ4v) is 12.6. The Bertz CT molecular complexity index is 1790. The molecule has 2 aliphatic carbocycles. The summed E-state index contributed by atoms with van der Waals surface area (Å²) in [6.07, 6.45) is -9.91. The van der Waals surface area contributed by atoms with Crippen LogP contribution in [0.3, 0.4) is 0 Å². The maximum Gasteiger partial charge on any atom is 0.309 e. The van der Waals surface area contributed by atoms with E-state index in [-0.39, 0.29) is 42.7 Å². The summed E-state index contributed by atoms with van der Waals surface area (Å²) >= 11 is 0. The van der Waals surface area contributed by atoms with Gasteiger partial charge in [0.1, 0.15) is 48.8 Å². The number of rotatable bonds is 11. The van der Waals surface area contributed by atoms with Crippen molar-refractivity contribution in [1.29, 1.82) is 0 Å². The minimum Gasteiger partial charge on any atom is -0.469 e. The Hall–Kier alpha value is -1.93. The highest BCUT2D eigenvalue weighted by Gasteiger charge is 2.59. The van der Waals surface area contributed by atoms with Crippen LogP contribution in [0, 0.1) is 23.2 Å². The number of allylic oxidation sites excluding steroid dienone is 1. The standard InChI is InChI=1S/C47H72O20/c1-20-41(65-36-15-31(56-7)43(22(3)61-36)67-45-40(53)39(52)38(51)32(17-48)64-45)27(49)13-34(59-20)66-42-21(2)60-35(14-30(42)55-6)62-29-12-24-9-10-25-26(46(24,4)16-28(29)50)11-8-23-18-57-47(5)37(23)33(19-58-47)63-44(25)54/h9,18,20-22,25-43,45,48-53H,8,10-17,19H2,1-7H3/t20-,21-,22+,25+,26+,27+,28-,29-,30+,31-,32-,33-,34+,35+,36+,37-,38-,39+,40-,41-,42-,43+,45+,46+,47+/m1/s1. The number of aliphatic hydroxyl groups is 6. The Kier molecular flexibility index (Phi) is 14.9. The van der Waals surface area contributed by atoms with Crippen LogP contribution in [0.15, 0.2) is 23.5 Å². The van der Waals surface area contributed by atoms with Gasteiger partial charge in [-0.1, -0.05) is 18.6 Å². The lowest BCUT2D eigenvalue weighted by Gasteiger charge is -2.52. The number of esters is 1. The van der Waals surface area contributed by atoms with Gasteiger partial charge in [0.2, 0.25) is 5.79 Å². The van der Waals surface area contributed by atoms with Gasteiger partial charge in [-0.05, 0) is 69.8 Å². The first kappa shape index (κ1) is 50.0. The summed E-state index contributed by atoms with van der Waals surface area (Å²) < 4.78 is 79.5. The van der Waals surface area contributed by atoms with Crippen LogP contribution in [-0.2, 0) is 66.4 Å². The quantitative estimate of drug-likeness (QED) is 0.124. The number of carbonyl (C=O) groups is 1. The van der Waals surface area contributed by atoms with Crippen molar-refractivity contribution in [2.24, 2.45) is 23.2 Å². The van der Waals surface area contributed by atoms with Crippen molar-refractivity contribution in [3.63, 3.8) is 0 Å². The van der Waals surface area contributed by atoms with Crippen LogP contribution in [0.25, 0.3) is 0 Å². The van der Waals surface area contributed by atoms with Gasteiger partial charge < -0.3 is 92.2 Å². The highest BCUT2D eigenvalue weighted by molar-refractivity contribution is 5.74. The number of fused-ring (bicyclic) bond motifs is 3. The number of ether oxygens (including phenoxy) is 13. The average molecular weight is 957 g/mol. The molecule has 0 bridgehead atoms. The molecule has 0 spiro atoms. The molecule has 20 nitrogen and oxygen atoms in total. The third-order valence-electron chi connectivity index (χ3n) is 16.3. The van der Waals surface area contributed by atoms with E-state index in [4.69, 9.17) is 61.6 Å². The minimum atomic E-state index is -1.60. The zero-order valence-electron chi connectivity index (χ0n) is 39.4. The van der Waals surface area contributed by atoms with Crippen molar-refractivity contribution < 1.29 is 97.0 Å². The molecule has 67 heavy (non-hydrogen) atoms. The maximum absolute atomic E-state index is 13.8. The monoisotopic (exact) mass is 956 g/mol. The largest absolute Gasteiger partial charge is 0.469 e. The van der Waals surface area contributed by atoms with Crippen LogP contribution in [0.1, 0.15) is 86.0 Å². The SMILES string of the molecule is CO[C@H]1C[C@H](O[C@@H]2CC3=CC[C@@H]4C(=O)O[C@@H]5CO[C@]6(C)OC=C(CC[C@@H]4[C@@]3(C)C[C@H]2O)[C@H]56)O[C@H](C)[C@H]1O[C@H]1C[C@H](O)[C@H](O[C@H]2C[C@@H](OC)[C@@H](O[C@@H]3O[C@H](CO)[C@@H](O)[C@H](O)[C@H]3O)[C@H](C)O2)[C@@H](C)O1. The van der Waals surface area contributed by atoms with Crippen molar-refractivity contribution in [3.8, 4) is 0 Å². The molecule has 380 valence electrons. The fraction of sp³-hybridized carbons (Fsp3) is 0.894. The van der Waals surface area contributed by atoms with Gasteiger partial charge in [0, 0.05) is 40.4 Å². The van der Waals surface area contributed by atoms with Gasteiger partial charge in [0.05, 0.1) is 80.1 Å². The molecule has 7 fully saturated rings. The van der Waals surface area contributed by atoms with Crippen LogP contribution < -0.4 is 0 Å². The number of hydrogen-bond acceptors (Lipinski definition) is 20. The Balaban J connectivity index is 0.768. The third kappa shape index (κ3) is 9.51.